The molecule has 1 aliphatic rings. The zero-order valence-electron chi connectivity index (χ0n) is 16.0. The van der Waals surface area contributed by atoms with E-state index >= 15 is 0 Å². The second kappa shape index (κ2) is 8.72. The first-order chi connectivity index (χ1) is 14.1. The molecule has 29 heavy (non-hydrogen) atoms. The first-order valence-corrected chi connectivity index (χ1v) is 8.75. The Labute approximate surface area is 168 Å². The third-order valence-electron chi connectivity index (χ3n) is 4.36. The highest BCUT2D eigenvalue weighted by Crippen LogP contribution is 2.35. The van der Waals surface area contributed by atoms with Crippen molar-refractivity contribution in [3.8, 4) is 17.2 Å². The van der Waals surface area contributed by atoms with Crippen LogP contribution < -0.4 is 4.90 Å². The van der Waals surface area contributed by atoms with Crippen molar-refractivity contribution in [3.63, 3.8) is 0 Å². The maximum Gasteiger partial charge on any atom is 0.355 e. The quantitative estimate of drug-likeness (QED) is 0.745. The molecular weight excluding hydrogens is 368 g/mol. The van der Waals surface area contributed by atoms with Gasteiger partial charge < -0.3 is 14.4 Å². The summed E-state index contributed by atoms with van der Waals surface area (Å²) in [5.74, 6) is -1.33. The van der Waals surface area contributed by atoms with Crippen LogP contribution in [0.4, 0.5) is 5.69 Å². The number of hydrogen-bond acceptors (Lipinski definition) is 6. The second-order valence-electron chi connectivity index (χ2n) is 6.03. The number of carbonyl (C=O) groups is 2. The van der Waals surface area contributed by atoms with Crippen molar-refractivity contribution in [3.05, 3.63) is 89.8 Å². The minimum Gasteiger partial charge on any atom is -0.465 e. The Bertz CT molecular complexity index is 1090. The molecule has 0 atom stereocenters. The SMILES string of the molecule is COC(=O)C1=C(C(=O)OC)N(c2ccccc2-c2cccc(C#N)c2)C=CC=C1. The van der Waals surface area contributed by atoms with Crippen LogP contribution in [0.5, 0.6) is 0 Å². The summed E-state index contributed by atoms with van der Waals surface area (Å²) >= 11 is 0. The van der Waals surface area contributed by atoms with Gasteiger partial charge in [0.15, 0.2) is 0 Å². The average Bonchev–Trinajstić information content (AvgIpc) is 3.01. The molecule has 2 aromatic rings. The van der Waals surface area contributed by atoms with Gasteiger partial charge >= 0.3 is 11.9 Å². The van der Waals surface area contributed by atoms with Crippen LogP contribution in [0, 0.1) is 11.3 Å². The van der Waals surface area contributed by atoms with Crippen LogP contribution >= 0.6 is 0 Å². The summed E-state index contributed by atoms with van der Waals surface area (Å²) in [5, 5.41) is 9.23. The molecule has 0 saturated heterocycles. The molecule has 0 radical (unpaired) electrons. The minimum atomic E-state index is -0.679. The number of esters is 2. The van der Waals surface area contributed by atoms with E-state index in [1.165, 1.54) is 20.3 Å². The molecule has 0 spiro atoms. The molecule has 0 saturated carbocycles. The van der Waals surface area contributed by atoms with Gasteiger partial charge in [-0.1, -0.05) is 36.4 Å². The number of rotatable bonds is 4. The number of methoxy groups -OCH3 is 2. The van der Waals surface area contributed by atoms with E-state index in [0.29, 0.717) is 11.3 Å². The topological polar surface area (TPSA) is 79.6 Å². The average molecular weight is 386 g/mol. The first kappa shape index (κ1) is 19.6. The summed E-state index contributed by atoms with van der Waals surface area (Å²) in [4.78, 5) is 26.6. The lowest BCUT2D eigenvalue weighted by atomic mass is 10.0. The molecule has 0 unspecified atom stereocenters. The number of ether oxygens (including phenoxy) is 2. The van der Waals surface area contributed by atoms with Gasteiger partial charge in [-0.2, -0.15) is 5.26 Å². The molecule has 0 N–H and O–H groups in total. The summed E-state index contributed by atoms with van der Waals surface area (Å²) < 4.78 is 9.80. The smallest absolute Gasteiger partial charge is 0.355 e. The van der Waals surface area contributed by atoms with Crippen molar-refractivity contribution < 1.29 is 19.1 Å². The highest BCUT2D eigenvalue weighted by atomic mass is 16.5. The van der Waals surface area contributed by atoms with Gasteiger partial charge in [0, 0.05) is 11.8 Å². The van der Waals surface area contributed by atoms with Gasteiger partial charge in [-0.05, 0) is 35.9 Å². The number of para-hydroxylation sites is 1. The van der Waals surface area contributed by atoms with Crippen LogP contribution in [0.15, 0.2) is 84.2 Å². The number of allylic oxidation sites excluding steroid dienone is 2. The van der Waals surface area contributed by atoms with Crippen molar-refractivity contribution in [1.29, 1.82) is 5.26 Å². The second-order valence-corrected chi connectivity index (χ2v) is 6.03. The minimum absolute atomic E-state index is 0.0354. The Hall–Kier alpha value is -4.11. The van der Waals surface area contributed by atoms with Crippen LogP contribution in [-0.2, 0) is 19.1 Å². The Kier molecular flexibility index (Phi) is 5.91. The lowest BCUT2D eigenvalue weighted by Crippen LogP contribution is -2.27. The molecule has 1 aliphatic heterocycles. The van der Waals surface area contributed by atoms with E-state index in [4.69, 9.17) is 9.47 Å². The monoisotopic (exact) mass is 386 g/mol. The highest BCUT2D eigenvalue weighted by molar-refractivity contribution is 6.06. The fraction of sp³-hybridized carbons (Fsp3) is 0.0870. The van der Waals surface area contributed by atoms with Gasteiger partial charge in [-0.25, -0.2) is 9.59 Å². The lowest BCUT2D eigenvalue weighted by molar-refractivity contribution is -0.139. The van der Waals surface area contributed by atoms with E-state index in [2.05, 4.69) is 6.07 Å². The van der Waals surface area contributed by atoms with E-state index in [0.717, 1.165) is 11.1 Å². The molecule has 0 aromatic heterocycles. The number of hydrogen-bond donors (Lipinski definition) is 0. The maximum atomic E-state index is 12.6. The van der Waals surface area contributed by atoms with Crippen LogP contribution in [0.2, 0.25) is 0 Å². The summed E-state index contributed by atoms with van der Waals surface area (Å²) in [7, 11) is 2.51. The number of benzene rings is 2. The molecule has 6 heteroatoms. The summed E-state index contributed by atoms with van der Waals surface area (Å²) in [6.07, 6.45) is 6.54. The lowest BCUT2D eigenvalue weighted by Gasteiger charge is -2.25. The van der Waals surface area contributed by atoms with Crippen LogP contribution in [-0.4, -0.2) is 26.2 Å². The molecule has 1 heterocycles. The Morgan fingerprint density at radius 1 is 0.966 bits per heavy atom. The predicted molar refractivity (Wildman–Crippen MR) is 108 cm³/mol. The third-order valence-corrected chi connectivity index (χ3v) is 4.36. The largest absolute Gasteiger partial charge is 0.465 e. The Morgan fingerprint density at radius 2 is 1.72 bits per heavy atom. The fourth-order valence-electron chi connectivity index (χ4n) is 3.04. The number of anilines is 1. The van der Waals surface area contributed by atoms with E-state index < -0.39 is 11.9 Å². The molecular formula is C23H18N2O4. The normalized spacial score (nSPS) is 12.9. The summed E-state index contributed by atoms with van der Waals surface area (Å²) in [6.45, 7) is 0. The maximum absolute atomic E-state index is 12.6. The standard InChI is InChI=1S/C23H18N2O4/c1-28-22(26)19-11-5-6-13-25(21(19)23(27)29-2)20-12-4-3-10-18(20)17-9-7-8-16(14-17)15-24/h3-14H,1-2H3. The van der Waals surface area contributed by atoms with Crippen molar-refractivity contribution in [2.75, 3.05) is 19.1 Å². The Morgan fingerprint density at radius 3 is 2.45 bits per heavy atom. The zero-order valence-corrected chi connectivity index (χ0v) is 16.0. The van der Waals surface area contributed by atoms with Crippen LogP contribution in [0.25, 0.3) is 11.1 Å². The van der Waals surface area contributed by atoms with Crippen LogP contribution in [0.1, 0.15) is 5.56 Å². The van der Waals surface area contributed by atoms with Gasteiger partial charge in [0.05, 0.1) is 37.1 Å². The molecule has 6 nitrogen and oxygen atoms in total. The first-order valence-electron chi connectivity index (χ1n) is 8.75. The van der Waals surface area contributed by atoms with E-state index in [1.54, 1.807) is 41.5 Å². The zero-order chi connectivity index (χ0) is 20.8. The summed E-state index contributed by atoms with van der Waals surface area (Å²) in [5.41, 5.74) is 2.85. The van der Waals surface area contributed by atoms with Gasteiger partial charge in [0.1, 0.15) is 5.70 Å². The van der Waals surface area contributed by atoms with Crippen molar-refractivity contribution in [2.45, 2.75) is 0 Å². The fourth-order valence-corrected chi connectivity index (χ4v) is 3.04. The number of carbonyl (C=O) groups excluding carboxylic acids is 2. The van der Waals surface area contributed by atoms with Gasteiger partial charge in [0.25, 0.3) is 0 Å². The number of nitriles is 1. The van der Waals surface area contributed by atoms with Crippen LogP contribution in [0.3, 0.4) is 0 Å². The van der Waals surface area contributed by atoms with Crippen molar-refractivity contribution in [2.24, 2.45) is 0 Å². The van der Waals surface area contributed by atoms with E-state index in [9.17, 15) is 14.9 Å². The molecule has 0 fully saturated rings. The molecule has 0 amide bonds. The molecule has 144 valence electrons. The molecule has 0 bridgehead atoms. The van der Waals surface area contributed by atoms with Crippen molar-refractivity contribution in [1.82, 2.24) is 0 Å². The van der Waals surface area contributed by atoms with Crippen molar-refractivity contribution >= 4 is 17.6 Å². The molecule has 2 aromatic carbocycles. The number of nitrogens with zero attached hydrogens (tertiary/aromatic N) is 2. The predicted octanol–water partition coefficient (Wildman–Crippen LogP) is 3.72. The van der Waals surface area contributed by atoms with Gasteiger partial charge in [-0.15, -0.1) is 0 Å². The molecule has 0 aliphatic carbocycles. The van der Waals surface area contributed by atoms with Gasteiger partial charge in [0.2, 0.25) is 0 Å². The molecule has 3 rings (SSSR count). The van der Waals surface area contributed by atoms with E-state index in [1.807, 2.05) is 30.3 Å². The summed E-state index contributed by atoms with van der Waals surface area (Å²) in [6, 6.07) is 16.7. The van der Waals surface area contributed by atoms with E-state index in [-0.39, 0.29) is 11.3 Å². The highest BCUT2D eigenvalue weighted by Gasteiger charge is 2.28. The van der Waals surface area contributed by atoms with Gasteiger partial charge in [-0.3, -0.25) is 0 Å². The third kappa shape index (κ3) is 3.94. The Balaban J connectivity index is 2.25.